The number of amides is 2. The van der Waals surface area contributed by atoms with Crippen molar-refractivity contribution >= 4 is 45.6 Å². The van der Waals surface area contributed by atoms with E-state index in [-0.39, 0.29) is 11.8 Å². The van der Waals surface area contributed by atoms with E-state index in [1.165, 1.54) is 0 Å². The van der Waals surface area contributed by atoms with Crippen LogP contribution >= 0.6 is 11.6 Å². The molecule has 0 atom stereocenters. The van der Waals surface area contributed by atoms with Gasteiger partial charge in [-0.2, -0.15) is 0 Å². The van der Waals surface area contributed by atoms with Crippen molar-refractivity contribution in [3.8, 4) is 5.75 Å². The lowest BCUT2D eigenvalue weighted by Gasteiger charge is -2.10. The highest BCUT2D eigenvalue weighted by Gasteiger charge is 2.12. The lowest BCUT2D eigenvalue weighted by atomic mass is 10.1. The third kappa shape index (κ3) is 4.74. The average Bonchev–Trinajstić information content (AvgIpc) is 2.81. The molecule has 0 heterocycles. The second-order valence-corrected chi connectivity index (χ2v) is 7.50. The lowest BCUT2D eigenvalue weighted by molar-refractivity contribution is 0.102. The molecule has 0 radical (unpaired) electrons. The molecule has 32 heavy (non-hydrogen) atoms. The molecule has 0 spiro atoms. The van der Waals surface area contributed by atoms with Crippen LogP contribution in [-0.2, 0) is 0 Å². The van der Waals surface area contributed by atoms with Crippen LogP contribution in [0, 0.1) is 0 Å². The van der Waals surface area contributed by atoms with Gasteiger partial charge in [-0.25, -0.2) is 0 Å². The van der Waals surface area contributed by atoms with Gasteiger partial charge in [-0.3, -0.25) is 9.59 Å². The van der Waals surface area contributed by atoms with Crippen LogP contribution in [0.15, 0.2) is 84.9 Å². The minimum absolute atomic E-state index is 0.225. The molecule has 0 saturated heterocycles. The number of nitrogens with one attached hydrogen (secondary N) is 2. The lowest BCUT2D eigenvalue weighted by Crippen LogP contribution is -2.14. The highest BCUT2D eigenvalue weighted by molar-refractivity contribution is 6.32. The molecular weight excluding hydrogens is 424 g/mol. The van der Waals surface area contributed by atoms with Crippen molar-refractivity contribution in [1.82, 2.24) is 0 Å². The first kappa shape index (κ1) is 21.4. The number of halogens is 1. The Morgan fingerprint density at radius 3 is 2.25 bits per heavy atom. The van der Waals surface area contributed by atoms with E-state index in [0.717, 1.165) is 16.5 Å². The Balaban J connectivity index is 1.44. The van der Waals surface area contributed by atoms with E-state index < -0.39 is 0 Å². The number of rotatable bonds is 6. The molecule has 6 heteroatoms. The van der Waals surface area contributed by atoms with Crippen LogP contribution in [0.5, 0.6) is 5.75 Å². The number of hydrogen-bond acceptors (Lipinski definition) is 3. The van der Waals surface area contributed by atoms with E-state index in [4.69, 9.17) is 16.3 Å². The van der Waals surface area contributed by atoms with Gasteiger partial charge in [-0.05, 0) is 60.8 Å². The van der Waals surface area contributed by atoms with Gasteiger partial charge in [0.05, 0.1) is 11.6 Å². The van der Waals surface area contributed by atoms with Gasteiger partial charge in [0.25, 0.3) is 11.8 Å². The summed E-state index contributed by atoms with van der Waals surface area (Å²) in [5, 5.41) is 8.16. The van der Waals surface area contributed by atoms with Crippen LogP contribution in [-0.4, -0.2) is 18.4 Å². The van der Waals surface area contributed by atoms with Gasteiger partial charge in [0.15, 0.2) is 0 Å². The van der Waals surface area contributed by atoms with Crippen LogP contribution in [0.4, 0.5) is 11.4 Å². The smallest absolute Gasteiger partial charge is 0.255 e. The molecule has 5 nitrogen and oxygen atoms in total. The van der Waals surface area contributed by atoms with Crippen LogP contribution in [0.3, 0.4) is 0 Å². The summed E-state index contributed by atoms with van der Waals surface area (Å²) in [6, 6.07) is 25.2. The zero-order valence-electron chi connectivity index (χ0n) is 17.4. The summed E-state index contributed by atoms with van der Waals surface area (Å²) >= 11 is 6.16. The van der Waals surface area contributed by atoms with E-state index >= 15 is 0 Å². The Bertz CT molecular complexity index is 1280. The second kappa shape index (κ2) is 9.54. The van der Waals surface area contributed by atoms with Crippen molar-refractivity contribution in [3.63, 3.8) is 0 Å². The summed E-state index contributed by atoms with van der Waals surface area (Å²) in [6.07, 6.45) is 0. The fourth-order valence-electron chi connectivity index (χ4n) is 3.35. The normalized spacial score (nSPS) is 10.6. The molecule has 2 N–H and O–H groups in total. The second-order valence-electron chi connectivity index (χ2n) is 7.09. The van der Waals surface area contributed by atoms with Crippen molar-refractivity contribution in [2.45, 2.75) is 6.92 Å². The predicted molar refractivity (Wildman–Crippen MR) is 129 cm³/mol. The number of ether oxygens (including phenoxy) is 1. The SMILES string of the molecule is CCOc1ccc(C(=O)Nc2ccc(C(=O)Nc3cccc4ccccc34)cc2)cc1Cl. The third-order valence-corrected chi connectivity index (χ3v) is 5.23. The first-order valence-electron chi connectivity index (χ1n) is 10.2. The van der Waals surface area contributed by atoms with Crippen LogP contribution in [0.2, 0.25) is 5.02 Å². The summed E-state index contributed by atoms with van der Waals surface area (Å²) in [6.45, 7) is 2.36. The maximum absolute atomic E-state index is 12.7. The van der Waals surface area contributed by atoms with Gasteiger partial charge in [0.2, 0.25) is 0 Å². The van der Waals surface area contributed by atoms with Crippen LogP contribution in [0.25, 0.3) is 10.8 Å². The maximum Gasteiger partial charge on any atom is 0.255 e. The minimum Gasteiger partial charge on any atom is -0.492 e. The largest absolute Gasteiger partial charge is 0.492 e. The monoisotopic (exact) mass is 444 g/mol. The van der Waals surface area contributed by atoms with E-state index in [1.54, 1.807) is 42.5 Å². The molecule has 0 unspecified atom stereocenters. The fraction of sp³-hybridized carbons (Fsp3) is 0.0769. The molecule has 2 amide bonds. The number of fused-ring (bicyclic) bond motifs is 1. The number of benzene rings is 4. The maximum atomic E-state index is 12.7. The molecule has 0 aliphatic rings. The zero-order valence-corrected chi connectivity index (χ0v) is 18.1. The van der Waals surface area contributed by atoms with E-state index in [2.05, 4.69) is 10.6 Å². The molecule has 160 valence electrons. The van der Waals surface area contributed by atoms with Gasteiger partial charge in [0, 0.05) is 27.9 Å². The van der Waals surface area contributed by atoms with Gasteiger partial charge in [0.1, 0.15) is 5.75 Å². The summed E-state index contributed by atoms with van der Waals surface area (Å²) in [5.41, 5.74) is 2.22. The zero-order chi connectivity index (χ0) is 22.5. The van der Waals surface area contributed by atoms with Crippen molar-refractivity contribution in [1.29, 1.82) is 0 Å². The molecule has 0 bridgehead atoms. The van der Waals surface area contributed by atoms with Crippen molar-refractivity contribution in [2.24, 2.45) is 0 Å². The van der Waals surface area contributed by atoms with E-state index in [1.807, 2.05) is 49.4 Å². The highest BCUT2D eigenvalue weighted by atomic mass is 35.5. The highest BCUT2D eigenvalue weighted by Crippen LogP contribution is 2.26. The molecule has 4 aromatic rings. The molecule has 0 fully saturated rings. The minimum atomic E-state index is -0.303. The first-order valence-corrected chi connectivity index (χ1v) is 10.6. The van der Waals surface area contributed by atoms with Crippen molar-refractivity contribution in [2.75, 3.05) is 17.2 Å². The number of carbonyl (C=O) groups is 2. The Kier molecular flexibility index (Phi) is 6.38. The number of anilines is 2. The summed E-state index contributed by atoms with van der Waals surface area (Å²) < 4.78 is 5.39. The topological polar surface area (TPSA) is 67.4 Å². The molecular formula is C26H21ClN2O3. The number of carbonyl (C=O) groups excluding carboxylic acids is 2. The quantitative estimate of drug-likeness (QED) is 0.361. The fourth-order valence-corrected chi connectivity index (χ4v) is 3.59. The Hall–Kier alpha value is -3.83. The molecule has 0 aliphatic heterocycles. The Morgan fingerprint density at radius 1 is 0.812 bits per heavy atom. The van der Waals surface area contributed by atoms with Crippen LogP contribution < -0.4 is 15.4 Å². The third-order valence-electron chi connectivity index (χ3n) is 4.94. The summed E-state index contributed by atoms with van der Waals surface area (Å²) in [4.78, 5) is 25.2. The van der Waals surface area contributed by atoms with E-state index in [9.17, 15) is 9.59 Å². The van der Waals surface area contributed by atoms with Crippen molar-refractivity contribution in [3.05, 3.63) is 101 Å². The summed E-state index contributed by atoms with van der Waals surface area (Å²) in [5.74, 6) is 0.00714. The van der Waals surface area contributed by atoms with Gasteiger partial charge < -0.3 is 15.4 Å². The summed E-state index contributed by atoms with van der Waals surface area (Å²) in [7, 11) is 0. The standard InChI is InChI=1S/C26H21ClN2O3/c1-2-32-24-15-12-19(16-22(24)27)26(31)28-20-13-10-18(11-14-20)25(30)29-23-9-5-7-17-6-3-4-8-21(17)23/h3-16H,2H2,1H3,(H,28,31)(H,29,30). The molecule has 0 saturated carbocycles. The number of hydrogen-bond donors (Lipinski definition) is 2. The van der Waals surface area contributed by atoms with Gasteiger partial charge in [-0.15, -0.1) is 0 Å². The molecule has 0 aromatic heterocycles. The van der Waals surface area contributed by atoms with Crippen molar-refractivity contribution < 1.29 is 14.3 Å². The Morgan fingerprint density at radius 2 is 1.50 bits per heavy atom. The van der Waals surface area contributed by atoms with Crippen LogP contribution in [0.1, 0.15) is 27.6 Å². The van der Waals surface area contributed by atoms with Gasteiger partial charge >= 0.3 is 0 Å². The molecule has 4 rings (SSSR count). The molecule has 4 aromatic carbocycles. The first-order chi connectivity index (χ1) is 15.5. The molecule has 0 aliphatic carbocycles. The average molecular weight is 445 g/mol. The predicted octanol–water partition coefficient (Wildman–Crippen LogP) is 6.40. The Labute approximate surface area is 191 Å². The van der Waals surface area contributed by atoms with Gasteiger partial charge in [-0.1, -0.05) is 48.0 Å². The van der Waals surface area contributed by atoms with E-state index in [0.29, 0.717) is 34.2 Å².